The zero-order valence-electron chi connectivity index (χ0n) is 19.6. The number of ether oxygens (including phenoxy) is 2. The van der Waals surface area contributed by atoms with E-state index in [1.54, 1.807) is 52.7 Å². The summed E-state index contributed by atoms with van der Waals surface area (Å²) in [6.45, 7) is 11.4. The van der Waals surface area contributed by atoms with Crippen molar-refractivity contribution in [3.8, 4) is 6.07 Å². The molecule has 2 heterocycles. The number of guanidine groups is 1. The third kappa shape index (κ3) is 6.33. The molecule has 2 rings (SSSR count). The van der Waals surface area contributed by atoms with Crippen molar-refractivity contribution >= 4 is 46.1 Å². The van der Waals surface area contributed by atoms with Gasteiger partial charge >= 0.3 is 11.9 Å². The van der Waals surface area contributed by atoms with Gasteiger partial charge < -0.3 is 19.7 Å². The second-order valence-corrected chi connectivity index (χ2v) is 10.8. The van der Waals surface area contributed by atoms with Crippen molar-refractivity contribution in [1.82, 2.24) is 10.2 Å². The Bertz CT molecular complexity index is 946. The van der Waals surface area contributed by atoms with Crippen molar-refractivity contribution in [1.29, 1.82) is 5.26 Å². The van der Waals surface area contributed by atoms with Crippen LogP contribution in [0.15, 0.2) is 27.5 Å². The fourth-order valence-electron chi connectivity index (χ4n) is 3.07. The van der Waals surface area contributed by atoms with E-state index in [1.165, 1.54) is 11.8 Å². The first kappa shape index (κ1) is 25.9. The zero-order valence-corrected chi connectivity index (χ0v) is 21.3. The largest absolute Gasteiger partial charge is 0.456 e. The summed E-state index contributed by atoms with van der Waals surface area (Å²) in [5.74, 6) is -1.07. The molecule has 8 nitrogen and oxygen atoms in total. The summed E-state index contributed by atoms with van der Waals surface area (Å²) in [6.07, 6.45) is 3.32. The number of carbonyl (C=O) groups excluding carboxylic acids is 2. The van der Waals surface area contributed by atoms with Gasteiger partial charge in [-0.2, -0.15) is 5.26 Å². The number of hydrogen-bond acceptors (Lipinski definition) is 10. The molecule has 0 bridgehead atoms. The number of thiocarbonyl (C=S) groups is 1. The molecule has 1 N–H and O–H groups in total. The van der Waals surface area contributed by atoms with E-state index in [0.717, 1.165) is 12.8 Å². The molecule has 0 aliphatic carbocycles. The maximum atomic E-state index is 13.4. The number of thioether (sulfide) groups is 1. The summed E-state index contributed by atoms with van der Waals surface area (Å²) < 4.78 is 11.6. The molecule has 10 heteroatoms. The minimum Gasteiger partial charge on any atom is -0.456 e. The van der Waals surface area contributed by atoms with Crippen LogP contribution in [0, 0.1) is 11.3 Å². The number of rotatable bonds is 3. The molecule has 0 saturated heterocycles. The second kappa shape index (κ2) is 10.0. The van der Waals surface area contributed by atoms with Gasteiger partial charge in [-0.3, -0.25) is 4.99 Å². The molecule has 32 heavy (non-hydrogen) atoms. The summed E-state index contributed by atoms with van der Waals surface area (Å²) in [7, 11) is 0. The molecule has 0 amide bonds. The monoisotopic (exact) mass is 478 g/mol. The summed E-state index contributed by atoms with van der Waals surface area (Å²) in [5, 5.41) is 13.0. The van der Waals surface area contributed by atoms with Gasteiger partial charge in [0.25, 0.3) is 0 Å². The Morgan fingerprint density at radius 1 is 1.12 bits per heavy atom. The van der Waals surface area contributed by atoms with Crippen molar-refractivity contribution in [2.75, 3.05) is 19.3 Å². The summed E-state index contributed by atoms with van der Waals surface area (Å²) in [6, 6.07) is 2.08. The van der Waals surface area contributed by atoms with Crippen LogP contribution in [0.4, 0.5) is 0 Å². The molecule has 0 unspecified atom stereocenters. The van der Waals surface area contributed by atoms with Crippen molar-refractivity contribution in [3.05, 3.63) is 22.5 Å². The van der Waals surface area contributed by atoms with E-state index < -0.39 is 23.1 Å². The van der Waals surface area contributed by atoms with E-state index in [0.29, 0.717) is 19.0 Å². The van der Waals surface area contributed by atoms with Crippen LogP contribution in [0.3, 0.4) is 0 Å². The minimum atomic E-state index is -0.825. The number of aliphatic imine (C=N–C) groups is 1. The molecule has 174 valence electrons. The topological polar surface area (TPSA) is 104 Å². The fraction of sp³-hybridized carbons (Fsp3) is 0.591. The molecule has 2 aliphatic rings. The second-order valence-electron chi connectivity index (χ2n) is 9.27. The maximum absolute atomic E-state index is 13.4. The number of esters is 2. The smallest absolute Gasteiger partial charge is 0.356 e. The van der Waals surface area contributed by atoms with Gasteiger partial charge in [-0.15, -0.1) is 11.8 Å². The Labute approximate surface area is 199 Å². The van der Waals surface area contributed by atoms with Gasteiger partial charge in [0.2, 0.25) is 5.96 Å². The first-order valence-electron chi connectivity index (χ1n) is 10.3. The molecule has 0 fully saturated rings. The minimum absolute atomic E-state index is 0.000211. The molecule has 0 saturated carbocycles. The molecular formula is C22H30N4O4S2. The van der Waals surface area contributed by atoms with Crippen LogP contribution in [0.5, 0.6) is 0 Å². The normalized spacial score (nSPS) is 18.4. The van der Waals surface area contributed by atoms with Crippen LogP contribution < -0.4 is 5.32 Å². The standard InChI is InChI=1S/C22H30N4O4S2/c1-21(2,3)29-17(27)14-15(13(12-23)19(31)32-7)25-20-24-10-8-9-11-26(20)16(14)18(28)30-22(4,5)6/h8-11H2,1-7H3,(H,24,25)/b15-13-. The Morgan fingerprint density at radius 2 is 1.72 bits per heavy atom. The van der Waals surface area contributed by atoms with E-state index in [9.17, 15) is 14.9 Å². The number of carbonyl (C=O) groups is 2. The Morgan fingerprint density at radius 3 is 2.25 bits per heavy atom. The average Bonchev–Trinajstić information content (AvgIpc) is 2.89. The van der Waals surface area contributed by atoms with E-state index in [1.807, 2.05) is 0 Å². The highest BCUT2D eigenvalue weighted by atomic mass is 32.2. The van der Waals surface area contributed by atoms with Gasteiger partial charge in [0.1, 0.15) is 34.1 Å². The van der Waals surface area contributed by atoms with Crippen LogP contribution in [0.2, 0.25) is 0 Å². The highest BCUT2D eigenvalue weighted by molar-refractivity contribution is 8.23. The molecule has 0 aromatic rings. The number of hydrogen-bond donors (Lipinski definition) is 1. The van der Waals surface area contributed by atoms with Crippen molar-refractivity contribution in [2.45, 2.75) is 65.6 Å². The fourth-order valence-corrected chi connectivity index (χ4v) is 3.57. The predicted octanol–water partition coefficient (Wildman–Crippen LogP) is 3.45. The highest BCUT2D eigenvalue weighted by Crippen LogP contribution is 2.32. The lowest BCUT2D eigenvalue weighted by Crippen LogP contribution is -2.50. The van der Waals surface area contributed by atoms with E-state index in [4.69, 9.17) is 21.7 Å². The van der Waals surface area contributed by atoms with E-state index in [-0.39, 0.29) is 26.7 Å². The lowest BCUT2D eigenvalue weighted by molar-refractivity contribution is -0.154. The molecular weight excluding hydrogens is 448 g/mol. The molecule has 0 radical (unpaired) electrons. The molecule has 2 aliphatic heterocycles. The first-order valence-corrected chi connectivity index (χ1v) is 12.0. The van der Waals surface area contributed by atoms with Crippen LogP contribution in [0.1, 0.15) is 54.4 Å². The maximum Gasteiger partial charge on any atom is 0.356 e. The SMILES string of the molecule is CSC(=S)/C(C#N)=C1\NC2=NCCCCN2C(C(=O)OC(C)(C)C)=C1C(=O)OC(C)(C)C. The summed E-state index contributed by atoms with van der Waals surface area (Å²) >= 11 is 6.57. The number of nitrogens with zero attached hydrogens (tertiary/aromatic N) is 3. The van der Waals surface area contributed by atoms with Gasteiger partial charge in [0.15, 0.2) is 0 Å². The van der Waals surface area contributed by atoms with Gasteiger partial charge in [-0.05, 0) is 60.6 Å². The van der Waals surface area contributed by atoms with Gasteiger partial charge in [0.05, 0.1) is 9.89 Å². The van der Waals surface area contributed by atoms with Crippen molar-refractivity contribution < 1.29 is 19.1 Å². The van der Waals surface area contributed by atoms with Gasteiger partial charge in [-0.25, -0.2) is 9.59 Å². The number of nitrogens with one attached hydrogen (secondary N) is 1. The first-order chi connectivity index (χ1) is 14.8. The summed E-state index contributed by atoms with van der Waals surface area (Å²) in [4.78, 5) is 33.0. The lowest BCUT2D eigenvalue weighted by Gasteiger charge is -2.36. The summed E-state index contributed by atoms with van der Waals surface area (Å²) in [5.41, 5.74) is -1.52. The molecule has 0 aromatic carbocycles. The van der Waals surface area contributed by atoms with Crippen LogP contribution in [-0.4, -0.2) is 57.5 Å². The Kier molecular flexibility index (Phi) is 8.12. The molecule has 0 atom stereocenters. The van der Waals surface area contributed by atoms with Gasteiger partial charge in [-0.1, -0.05) is 12.2 Å². The third-order valence-corrected chi connectivity index (χ3v) is 5.53. The van der Waals surface area contributed by atoms with Crippen LogP contribution in [0.25, 0.3) is 0 Å². The third-order valence-electron chi connectivity index (χ3n) is 4.25. The van der Waals surface area contributed by atoms with Crippen molar-refractivity contribution in [3.63, 3.8) is 0 Å². The Hall–Kier alpha value is -2.38. The van der Waals surface area contributed by atoms with Crippen LogP contribution >= 0.6 is 24.0 Å². The highest BCUT2D eigenvalue weighted by Gasteiger charge is 2.41. The van der Waals surface area contributed by atoms with E-state index >= 15 is 0 Å². The Balaban J connectivity index is 2.89. The van der Waals surface area contributed by atoms with Crippen LogP contribution in [-0.2, 0) is 19.1 Å². The zero-order chi connectivity index (χ0) is 24.3. The predicted molar refractivity (Wildman–Crippen MR) is 129 cm³/mol. The molecule has 0 aromatic heterocycles. The van der Waals surface area contributed by atoms with Gasteiger partial charge in [0, 0.05) is 13.1 Å². The number of fused-ring (bicyclic) bond motifs is 1. The average molecular weight is 479 g/mol. The number of nitriles is 1. The lowest BCUT2D eigenvalue weighted by atomic mass is 10.0. The molecule has 0 spiro atoms. The van der Waals surface area contributed by atoms with E-state index in [2.05, 4.69) is 16.4 Å². The quantitative estimate of drug-likeness (QED) is 0.283. The van der Waals surface area contributed by atoms with Crippen molar-refractivity contribution in [2.24, 2.45) is 4.99 Å².